The Labute approximate surface area is 581 Å². The summed E-state index contributed by atoms with van der Waals surface area (Å²) < 4.78 is 68.5. The summed E-state index contributed by atoms with van der Waals surface area (Å²) >= 11 is 0. The smallest absolute Gasteiger partial charge is 0.462 e. The third kappa shape index (κ3) is 66.4. The molecule has 0 aliphatic carbocycles. The van der Waals surface area contributed by atoms with E-state index in [0.29, 0.717) is 25.7 Å². The number of hydrogen-bond donors (Lipinski definition) is 3. The molecule has 0 aromatic carbocycles. The van der Waals surface area contributed by atoms with Gasteiger partial charge in [-0.1, -0.05) is 337 Å². The van der Waals surface area contributed by atoms with E-state index in [1.54, 1.807) is 0 Å². The molecule has 0 aliphatic rings. The standard InChI is InChI=1S/C76H148O17P2/c1-8-12-13-14-15-16-17-18-19-20-21-22-23-24-25-26-27-32-35-45-52-59-75(80)92-71(63-86-73(78)57-50-43-34-31-29-28-30-33-40-47-54-67(5)9-2)65-90-94(82,83)88-61-70(77)62-89-95(84,85)91-66-72(93-76(81)60-53-46-39-37-42-49-56-69(7)11-4)64-87-74(79)58-51-44-38-36-41-48-55-68(6)10-3/h67-72,77H,8-66H2,1-7H3,(H,82,83)(H,84,85)/t67?,68?,69?,70-,71-,72-/m1/s1. The van der Waals surface area contributed by atoms with E-state index in [-0.39, 0.29) is 25.7 Å². The van der Waals surface area contributed by atoms with E-state index in [4.69, 9.17) is 37.0 Å². The second kappa shape index (κ2) is 66.6. The van der Waals surface area contributed by atoms with Crippen LogP contribution in [0.1, 0.15) is 389 Å². The Morgan fingerprint density at radius 3 is 0.747 bits per heavy atom. The second-order valence-electron chi connectivity index (χ2n) is 28.1. The number of aliphatic hydroxyl groups is 1. The van der Waals surface area contributed by atoms with Gasteiger partial charge in [-0.25, -0.2) is 9.13 Å². The molecule has 0 aromatic heterocycles. The Bertz CT molecular complexity index is 1860. The third-order valence-corrected chi connectivity index (χ3v) is 20.6. The summed E-state index contributed by atoms with van der Waals surface area (Å²) in [5, 5.41) is 10.6. The molecule has 0 spiro atoms. The maximum absolute atomic E-state index is 13.1. The lowest BCUT2D eigenvalue weighted by atomic mass is 9.99. The number of carbonyl (C=O) groups is 4. The van der Waals surface area contributed by atoms with Crippen molar-refractivity contribution in [2.24, 2.45) is 17.8 Å². The highest BCUT2D eigenvalue weighted by molar-refractivity contribution is 7.47. The van der Waals surface area contributed by atoms with Gasteiger partial charge in [0.25, 0.3) is 0 Å². The Hall–Kier alpha value is -1.94. The number of phosphoric acid groups is 2. The first-order valence-corrected chi connectivity index (χ1v) is 42.5. The van der Waals surface area contributed by atoms with Crippen LogP contribution in [0.15, 0.2) is 0 Å². The van der Waals surface area contributed by atoms with Gasteiger partial charge in [-0.05, 0) is 43.4 Å². The predicted molar refractivity (Wildman–Crippen MR) is 386 cm³/mol. The van der Waals surface area contributed by atoms with E-state index in [1.807, 2.05) is 0 Å². The summed E-state index contributed by atoms with van der Waals surface area (Å²) in [6, 6.07) is 0. The van der Waals surface area contributed by atoms with Gasteiger partial charge in [-0.15, -0.1) is 0 Å². The minimum atomic E-state index is -4.96. The van der Waals surface area contributed by atoms with E-state index < -0.39 is 97.5 Å². The average Bonchev–Trinajstić information content (AvgIpc) is 1.75. The Morgan fingerprint density at radius 2 is 0.505 bits per heavy atom. The highest BCUT2D eigenvalue weighted by Crippen LogP contribution is 2.45. The first kappa shape index (κ1) is 93.1. The quantitative estimate of drug-likeness (QED) is 0.0222. The Balaban J connectivity index is 5.21. The zero-order valence-corrected chi connectivity index (χ0v) is 63.9. The molecule has 3 N–H and O–H groups in total. The lowest BCUT2D eigenvalue weighted by molar-refractivity contribution is -0.161. The molecule has 8 atom stereocenters. The van der Waals surface area contributed by atoms with Crippen LogP contribution >= 0.6 is 15.6 Å². The fourth-order valence-corrected chi connectivity index (χ4v) is 13.1. The molecule has 17 nitrogen and oxygen atoms in total. The summed E-state index contributed by atoms with van der Waals surface area (Å²) in [6.45, 7) is 11.8. The van der Waals surface area contributed by atoms with Crippen molar-refractivity contribution in [3.8, 4) is 0 Å². The van der Waals surface area contributed by atoms with Gasteiger partial charge in [-0.3, -0.25) is 37.3 Å². The van der Waals surface area contributed by atoms with Crippen LogP contribution in [-0.4, -0.2) is 96.7 Å². The molecule has 0 aromatic rings. The Kier molecular flexibility index (Phi) is 65.2. The van der Waals surface area contributed by atoms with E-state index >= 15 is 0 Å². The van der Waals surface area contributed by atoms with Gasteiger partial charge in [0.2, 0.25) is 0 Å². The van der Waals surface area contributed by atoms with Crippen LogP contribution in [0.25, 0.3) is 0 Å². The van der Waals surface area contributed by atoms with Crippen LogP contribution < -0.4 is 0 Å². The van der Waals surface area contributed by atoms with Gasteiger partial charge >= 0.3 is 39.5 Å². The summed E-state index contributed by atoms with van der Waals surface area (Å²) in [5.41, 5.74) is 0. The molecule has 0 radical (unpaired) electrons. The molecule has 19 heteroatoms. The van der Waals surface area contributed by atoms with Crippen LogP contribution in [0.5, 0.6) is 0 Å². The SMILES string of the molecule is CCCCCCCCCCCCCCCCCCCCCCCC(=O)O[C@H](COC(=O)CCCCCCCCCCCCC(C)CC)COP(=O)(O)OC[C@@H](O)COP(=O)(O)OC[C@@H](COC(=O)CCCCCCCCC(C)CC)OC(=O)CCCCCCCCC(C)CC. The van der Waals surface area contributed by atoms with Crippen molar-refractivity contribution < 1.29 is 80.2 Å². The number of hydrogen-bond acceptors (Lipinski definition) is 15. The van der Waals surface area contributed by atoms with Crippen molar-refractivity contribution in [1.29, 1.82) is 0 Å². The molecule has 0 heterocycles. The molecular weight excluding hydrogens is 1250 g/mol. The molecule has 0 saturated heterocycles. The monoisotopic (exact) mass is 1400 g/mol. The van der Waals surface area contributed by atoms with Gasteiger partial charge in [0, 0.05) is 25.7 Å². The highest BCUT2D eigenvalue weighted by atomic mass is 31.2. The fraction of sp³-hybridized carbons (Fsp3) is 0.947. The molecule has 0 bridgehead atoms. The number of ether oxygens (including phenoxy) is 4. The highest BCUT2D eigenvalue weighted by Gasteiger charge is 2.30. The number of unbranched alkanes of at least 4 members (excludes halogenated alkanes) is 39. The predicted octanol–water partition coefficient (Wildman–Crippen LogP) is 22.2. The third-order valence-electron chi connectivity index (χ3n) is 18.7. The maximum Gasteiger partial charge on any atom is 0.472 e. The minimum Gasteiger partial charge on any atom is -0.462 e. The number of esters is 4. The molecule has 0 saturated carbocycles. The lowest BCUT2D eigenvalue weighted by Crippen LogP contribution is -2.30. The normalized spacial score (nSPS) is 14.9. The first-order chi connectivity index (χ1) is 45.8. The van der Waals surface area contributed by atoms with E-state index in [2.05, 4.69) is 48.5 Å². The minimum absolute atomic E-state index is 0.102. The van der Waals surface area contributed by atoms with Crippen LogP contribution in [0.3, 0.4) is 0 Å². The maximum atomic E-state index is 13.1. The molecular formula is C76H148O17P2. The number of rotatable bonds is 74. The first-order valence-electron chi connectivity index (χ1n) is 39.5. The van der Waals surface area contributed by atoms with Crippen molar-refractivity contribution in [2.45, 2.75) is 407 Å². The van der Waals surface area contributed by atoms with Crippen LogP contribution in [0.4, 0.5) is 0 Å². The van der Waals surface area contributed by atoms with Crippen LogP contribution in [0, 0.1) is 17.8 Å². The molecule has 564 valence electrons. The van der Waals surface area contributed by atoms with Crippen molar-refractivity contribution in [1.82, 2.24) is 0 Å². The molecule has 0 fully saturated rings. The van der Waals surface area contributed by atoms with E-state index in [0.717, 1.165) is 114 Å². The van der Waals surface area contributed by atoms with Crippen molar-refractivity contribution in [3.05, 3.63) is 0 Å². The van der Waals surface area contributed by atoms with Crippen molar-refractivity contribution in [3.63, 3.8) is 0 Å². The lowest BCUT2D eigenvalue weighted by Gasteiger charge is -2.21. The summed E-state index contributed by atoms with van der Waals surface area (Å²) in [6.07, 6.45) is 52.9. The van der Waals surface area contributed by atoms with Gasteiger partial charge < -0.3 is 33.8 Å². The molecule has 0 rings (SSSR count). The fourth-order valence-electron chi connectivity index (χ4n) is 11.5. The largest absolute Gasteiger partial charge is 0.472 e. The van der Waals surface area contributed by atoms with Gasteiger partial charge in [0.1, 0.15) is 19.3 Å². The molecule has 0 amide bonds. The van der Waals surface area contributed by atoms with Crippen LogP contribution in [-0.2, 0) is 65.4 Å². The number of carbonyl (C=O) groups excluding carboxylic acids is 4. The van der Waals surface area contributed by atoms with Gasteiger partial charge in [0.15, 0.2) is 12.2 Å². The van der Waals surface area contributed by atoms with Gasteiger partial charge in [0.05, 0.1) is 26.4 Å². The molecule has 5 unspecified atom stereocenters. The summed E-state index contributed by atoms with van der Waals surface area (Å²) in [4.78, 5) is 72.7. The van der Waals surface area contributed by atoms with E-state index in [9.17, 15) is 43.2 Å². The van der Waals surface area contributed by atoms with Crippen LogP contribution in [0.2, 0.25) is 0 Å². The van der Waals surface area contributed by atoms with Gasteiger partial charge in [-0.2, -0.15) is 0 Å². The number of phosphoric ester groups is 2. The molecule has 95 heavy (non-hydrogen) atoms. The zero-order chi connectivity index (χ0) is 70.1. The molecule has 0 aliphatic heterocycles. The summed E-state index contributed by atoms with van der Waals surface area (Å²) in [5.74, 6) is 0.136. The topological polar surface area (TPSA) is 237 Å². The van der Waals surface area contributed by atoms with Crippen molar-refractivity contribution in [2.75, 3.05) is 39.6 Å². The average molecular weight is 1400 g/mol. The second-order valence-corrected chi connectivity index (χ2v) is 31.0. The van der Waals surface area contributed by atoms with E-state index in [1.165, 1.54) is 193 Å². The van der Waals surface area contributed by atoms with Crippen molar-refractivity contribution >= 4 is 39.5 Å². The number of aliphatic hydroxyl groups excluding tert-OH is 1. The zero-order valence-electron chi connectivity index (χ0n) is 62.1. The summed E-state index contributed by atoms with van der Waals surface area (Å²) in [7, 11) is -9.91. The Morgan fingerprint density at radius 1 is 0.295 bits per heavy atom.